The van der Waals surface area contributed by atoms with Gasteiger partial charge in [0.05, 0.1) is 16.3 Å². The number of alkyl halides is 2. The van der Waals surface area contributed by atoms with E-state index in [0.29, 0.717) is 10.9 Å². The van der Waals surface area contributed by atoms with Crippen molar-refractivity contribution in [2.24, 2.45) is 0 Å². The molecule has 1 unspecified atom stereocenters. The summed E-state index contributed by atoms with van der Waals surface area (Å²) in [6.07, 6.45) is 0. The van der Waals surface area contributed by atoms with E-state index < -0.39 is 11.2 Å². The summed E-state index contributed by atoms with van der Waals surface area (Å²) in [7, 11) is 0. The number of aromatic nitrogens is 2. The lowest BCUT2D eigenvalue weighted by Crippen LogP contribution is -2.21. The Morgan fingerprint density at radius 1 is 1.25 bits per heavy atom. The predicted molar refractivity (Wildman–Crippen MR) is 64.5 cm³/mol. The van der Waals surface area contributed by atoms with E-state index in [1.807, 2.05) is 0 Å². The van der Waals surface area contributed by atoms with E-state index in [1.165, 1.54) is 0 Å². The van der Waals surface area contributed by atoms with Gasteiger partial charge in [0.1, 0.15) is 0 Å². The first-order valence-electron chi connectivity index (χ1n) is 4.58. The van der Waals surface area contributed by atoms with E-state index in [-0.39, 0.29) is 11.3 Å². The minimum absolute atomic E-state index is 0.264. The molecular formula is C10H8Cl2N2O2. The quantitative estimate of drug-likeness (QED) is 0.806. The largest absolute Gasteiger partial charge is 0.326 e. The minimum atomic E-state index is -0.536. The molecule has 16 heavy (non-hydrogen) atoms. The second-order valence-electron chi connectivity index (χ2n) is 3.34. The molecule has 0 aliphatic carbocycles. The van der Waals surface area contributed by atoms with E-state index in [2.05, 4.69) is 9.97 Å². The van der Waals surface area contributed by atoms with Crippen molar-refractivity contribution in [3.63, 3.8) is 0 Å². The van der Waals surface area contributed by atoms with Gasteiger partial charge in [-0.25, -0.2) is 4.79 Å². The first kappa shape index (κ1) is 11.2. The summed E-state index contributed by atoms with van der Waals surface area (Å²) in [4.78, 5) is 27.2. The van der Waals surface area contributed by atoms with Crippen molar-refractivity contribution in [1.29, 1.82) is 0 Å². The molecule has 1 aromatic carbocycles. The second kappa shape index (κ2) is 4.31. The van der Waals surface area contributed by atoms with E-state index in [4.69, 9.17) is 23.2 Å². The fraction of sp³-hybridized carbons (Fsp3) is 0.200. The lowest BCUT2D eigenvalue weighted by molar-refractivity contribution is 1.06. The van der Waals surface area contributed by atoms with Crippen LogP contribution in [0.4, 0.5) is 0 Å². The first-order valence-corrected chi connectivity index (χ1v) is 5.55. The molecule has 0 radical (unpaired) electrons. The molecule has 1 heterocycles. The molecule has 0 fully saturated rings. The average Bonchev–Trinajstić information content (AvgIpc) is 2.27. The van der Waals surface area contributed by atoms with E-state index >= 15 is 0 Å². The van der Waals surface area contributed by atoms with Crippen LogP contribution in [0.5, 0.6) is 0 Å². The number of H-pyrrole nitrogens is 2. The van der Waals surface area contributed by atoms with Crippen LogP contribution >= 0.6 is 23.2 Å². The second-order valence-corrected chi connectivity index (χ2v) is 4.17. The van der Waals surface area contributed by atoms with Crippen LogP contribution in [0.3, 0.4) is 0 Å². The van der Waals surface area contributed by atoms with Gasteiger partial charge in [-0.05, 0) is 17.7 Å². The van der Waals surface area contributed by atoms with Crippen LogP contribution in [0.1, 0.15) is 10.9 Å². The van der Waals surface area contributed by atoms with Crippen LogP contribution in [0, 0.1) is 0 Å². The van der Waals surface area contributed by atoms with Crippen LogP contribution in [0.2, 0.25) is 0 Å². The van der Waals surface area contributed by atoms with Crippen molar-refractivity contribution in [3.05, 3.63) is 44.6 Å². The maximum absolute atomic E-state index is 11.4. The Kier molecular flexibility index (Phi) is 3.03. The van der Waals surface area contributed by atoms with Crippen molar-refractivity contribution in [1.82, 2.24) is 9.97 Å². The maximum Gasteiger partial charge on any atom is 0.326 e. The van der Waals surface area contributed by atoms with Crippen LogP contribution in [-0.2, 0) is 0 Å². The van der Waals surface area contributed by atoms with Gasteiger partial charge < -0.3 is 4.98 Å². The minimum Gasteiger partial charge on any atom is -0.307 e. The molecule has 1 aromatic heterocycles. The van der Waals surface area contributed by atoms with Crippen molar-refractivity contribution >= 4 is 34.1 Å². The lowest BCUT2D eigenvalue weighted by Gasteiger charge is -2.06. The van der Waals surface area contributed by atoms with Crippen LogP contribution in [0.15, 0.2) is 27.8 Å². The summed E-state index contributed by atoms with van der Waals surface area (Å²) in [6, 6.07) is 4.99. The zero-order chi connectivity index (χ0) is 11.7. The van der Waals surface area contributed by atoms with Gasteiger partial charge in [0.2, 0.25) is 0 Å². The highest BCUT2D eigenvalue weighted by atomic mass is 35.5. The molecule has 1 atom stereocenters. The molecule has 6 heteroatoms. The van der Waals surface area contributed by atoms with E-state index in [9.17, 15) is 9.59 Å². The lowest BCUT2D eigenvalue weighted by atomic mass is 10.1. The molecule has 84 valence electrons. The van der Waals surface area contributed by atoms with Gasteiger partial charge in [-0.3, -0.25) is 9.78 Å². The molecule has 0 amide bonds. The summed E-state index contributed by atoms with van der Waals surface area (Å²) < 4.78 is 0. The van der Waals surface area contributed by atoms with Gasteiger partial charge in [-0.15, -0.1) is 23.2 Å². The SMILES string of the molecule is O=c1[nH]c(=O)c2ccc(C(Cl)CCl)cc2[nH]1. The average molecular weight is 259 g/mol. The first-order chi connectivity index (χ1) is 7.61. The molecular weight excluding hydrogens is 251 g/mol. The van der Waals surface area contributed by atoms with Gasteiger partial charge in [0, 0.05) is 5.88 Å². The standard InChI is InChI=1S/C10H8Cl2N2O2/c11-4-7(12)5-1-2-6-8(3-5)13-10(16)14-9(6)15/h1-3,7H,4H2,(H2,13,14,15,16). The van der Waals surface area contributed by atoms with Gasteiger partial charge >= 0.3 is 5.69 Å². The highest BCUT2D eigenvalue weighted by molar-refractivity contribution is 6.28. The van der Waals surface area contributed by atoms with Gasteiger partial charge in [0.25, 0.3) is 5.56 Å². The molecule has 2 N–H and O–H groups in total. The van der Waals surface area contributed by atoms with Gasteiger partial charge in [0.15, 0.2) is 0 Å². The molecule has 0 bridgehead atoms. The molecule has 0 spiro atoms. The third-order valence-electron chi connectivity index (χ3n) is 2.26. The highest BCUT2D eigenvalue weighted by Gasteiger charge is 2.08. The summed E-state index contributed by atoms with van der Waals surface area (Å²) in [6.45, 7) is 0. The monoisotopic (exact) mass is 258 g/mol. The Bertz CT molecular complexity index is 632. The topological polar surface area (TPSA) is 65.7 Å². The van der Waals surface area contributed by atoms with Crippen LogP contribution in [-0.4, -0.2) is 15.8 Å². The molecule has 0 aliphatic heterocycles. The van der Waals surface area contributed by atoms with E-state index in [0.717, 1.165) is 5.56 Å². The number of benzene rings is 1. The third kappa shape index (κ3) is 1.99. The summed E-state index contributed by atoms with van der Waals surface area (Å²) in [5, 5.41) is 0.0793. The molecule has 4 nitrogen and oxygen atoms in total. The Morgan fingerprint density at radius 3 is 2.69 bits per heavy atom. The Hall–Kier alpha value is -1.26. The van der Waals surface area contributed by atoms with Gasteiger partial charge in [-0.1, -0.05) is 6.07 Å². The van der Waals surface area contributed by atoms with Crippen molar-refractivity contribution in [2.75, 3.05) is 5.88 Å². The summed E-state index contributed by atoms with van der Waals surface area (Å²) in [5.41, 5.74) is 0.279. The van der Waals surface area contributed by atoms with Crippen LogP contribution in [0.25, 0.3) is 10.9 Å². The van der Waals surface area contributed by atoms with Crippen molar-refractivity contribution < 1.29 is 0 Å². The van der Waals surface area contributed by atoms with Crippen molar-refractivity contribution in [3.8, 4) is 0 Å². The normalized spacial score (nSPS) is 12.9. The summed E-state index contributed by atoms with van der Waals surface area (Å²) in [5.74, 6) is 0.264. The summed E-state index contributed by atoms with van der Waals surface area (Å²) >= 11 is 11.6. The van der Waals surface area contributed by atoms with Gasteiger partial charge in [-0.2, -0.15) is 0 Å². The Balaban J connectivity index is 2.71. The number of hydrogen-bond donors (Lipinski definition) is 2. The number of hydrogen-bond acceptors (Lipinski definition) is 2. The molecule has 2 rings (SSSR count). The number of rotatable bonds is 2. The fourth-order valence-electron chi connectivity index (χ4n) is 1.47. The molecule has 2 aromatic rings. The number of nitrogens with one attached hydrogen (secondary N) is 2. The Labute approximate surface area is 100 Å². The zero-order valence-electron chi connectivity index (χ0n) is 8.09. The zero-order valence-corrected chi connectivity index (χ0v) is 9.60. The number of fused-ring (bicyclic) bond motifs is 1. The number of aromatic amines is 2. The molecule has 0 saturated carbocycles. The van der Waals surface area contributed by atoms with Crippen LogP contribution < -0.4 is 11.2 Å². The predicted octanol–water partition coefficient (Wildman–Crippen LogP) is 1.74. The third-order valence-corrected chi connectivity index (χ3v) is 3.13. The highest BCUT2D eigenvalue weighted by Crippen LogP contribution is 2.23. The molecule has 0 saturated heterocycles. The molecule has 0 aliphatic rings. The van der Waals surface area contributed by atoms with Crippen molar-refractivity contribution in [2.45, 2.75) is 5.38 Å². The smallest absolute Gasteiger partial charge is 0.307 e. The van der Waals surface area contributed by atoms with E-state index in [1.54, 1.807) is 18.2 Å². The Morgan fingerprint density at radius 2 is 2.00 bits per heavy atom. The fourth-order valence-corrected chi connectivity index (χ4v) is 1.79. The number of halogens is 2. The maximum atomic E-state index is 11.4.